The highest BCUT2D eigenvalue weighted by Gasteiger charge is 2.22. The summed E-state index contributed by atoms with van der Waals surface area (Å²) < 4.78 is 0. The van der Waals surface area contributed by atoms with Crippen LogP contribution in [0.2, 0.25) is 0 Å². The minimum Gasteiger partial charge on any atom is -0.300 e. The Hall–Kier alpha value is -0.330. The lowest BCUT2D eigenvalue weighted by atomic mass is 9.75. The highest BCUT2D eigenvalue weighted by atomic mass is 16.1. The van der Waals surface area contributed by atoms with Crippen molar-refractivity contribution < 1.29 is 4.79 Å². The van der Waals surface area contributed by atoms with Gasteiger partial charge in [0.15, 0.2) is 0 Å². The molecule has 16 heavy (non-hydrogen) atoms. The predicted molar refractivity (Wildman–Crippen MR) is 71.5 cm³/mol. The van der Waals surface area contributed by atoms with Gasteiger partial charge in [-0.3, -0.25) is 0 Å². The van der Waals surface area contributed by atoms with Gasteiger partial charge in [-0.05, 0) is 43.9 Å². The van der Waals surface area contributed by atoms with Gasteiger partial charge in [0.1, 0.15) is 5.78 Å². The minimum absolute atomic E-state index is 0.357. The van der Waals surface area contributed by atoms with E-state index in [0.717, 1.165) is 30.6 Å². The molecule has 0 radical (unpaired) electrons. The van der Waals surface area contributed by atoms with Crippen molar-refractivity contribution in [2.75, 3.05) is 0 Å². The van der Waals surface area contributed by atoms with Gasteiger partial charge < -0.3 is 4.79 Å². The second-order valence-electron chi connectivity index (χ2n) is 5.27. The van der Waals surface area contributed by atoms with Crippen molar-refractivity contribution in [3.05, 3.63) is 0 Å². The molecule has 0 unspecified atom stereocenters. The van der Waals surface area contributed by atoms with Crippen LogP contribution in [-0.2, 0) is 4.79 Å². The number of ketones is 1. The molecule has 1 nitrogen and oxygen atoms in total. The molecule has 0 saturated heterocycles. The third-order valence-electron chi connectivity index (χ3n) is 3.74. The lowest BCUT2D eigenvalue weighted by Gasteiger charge is -2.30. The zero-order valence-corrected chi connectivity index (χ0v) is 11.9. The first-order valence-electron chi connectivity index (χ1n) is 7.09. The van der Waals surface area contributed by atoms with Crippen LogP contribution in [-0.4, -0.2) is 5.78 Å². The Morgan fingerprint density at radius 2 is 1.62 bits per heavy atom. The van der Waals surface area contributed by atoms with E-state index in [0.29, 0.717) is 5.78 Å². The van der Waals surface area contributed by atoms with Crippen LogP contribution < -0.4 is 0 Å². The topological polar surface area (TPSA) is 17.1 Å². The minimum atomic E-state index is 0.357. The molecule has 0 aliphatic heterocycles. The summed E-state index contributed by atoms with van der Waals surface area (Å²) in [4.78, 5) is 10.9. The van der Waals surface area contributed by atoms with E-state index in [2.05, 4.69) is 13.8 Å². The van der Waals surface area contributed by atoms with E-state index in [1.165, 1.54) is 25.7 Å². The van der Waals surface area contributed by atoms with Crippen molar-refractivity contribution in [2.45, 2.75) is 73.1 Å². The Kier molecular flexibility index (Phi) is 8.60. The van der Waals surface area contributed by atoms with Crippen LogP contribution in [0.3, 0.4) is 0 Å². The molecule has 0 N–H and O–H groups in total. The summed E-state index contributed by atoms with van der Waals surface area (Å²) >= 11 is 0. The van der Waals surface area contributed by atoms with Gasteiger partial charge in [-0.1, -0.05) is 40.5 Å². The standard InChI is InChI=1S/C13H24O.C2H6/c1-10(2)13-8-6-12(7-9-13)5-4-11(3)14;1-2/h10,12-13H,4-9H2,1-3H3;1-2H3. The van der Waals surface area contributed by atoms with Crippen molar-refractivity contribution in [2.24, 2.45) is 17.8 Å². The highest BCUT2D eigenvalue weighted by Crippen LogP contribution is 2.35. The quantitative estimate of drug-likeness (QED) is 0.670. The highest BCUT2D eigenvalue weighted by molar-refractivity contribution is 5.75. The van der Waals surface area contributed by atoms with Gasteiger partial charge in [0.25, 0.3) is 0 Å². The normalized spacial score (nSPS) is 24.9. The molecule has 0 amide bonds. The third-order valence-corrected chi connectivity index (χ3v) is 3.74. The molecule has 0 aromatic carbocycles. The van der Waals surface area contributed by atoms with Gasteiger partial charge in [0, 0.05) is 6.42 Å². The zero-order chi connectivity index (χ0) is 12.6. The molecule has 0 spiro atoms. The first-order chi connectivity index (χ1) is 7.59. The van der Waals surface area contributed by atoms with Crippen molar-refractivity contribution in [3.63, 3.8) is 0 Å². The second-order valence-corrected chi connectivity index (χ2v) is 5.27. The largest absolute Gasteiger partial charge is 0.300 e. The van der Waals surface area contributed by atoms with Gasteiger partial charge in [0.2, 0.25) is 0 Å². The van der Waals surface area contributed by atoms with Gasteiger partial charge in [-0.25, -0.2) is 0 Å². The van der Waals surface area contributed by atoms with E-state index in [1.54, 1.807) is 6.92 Å². The van der Waals surface area contributed by atoms with Crippen molar-refractivity contribution in [1.29, 1.82) is 0 Å². The summed E-state index contributed by atoms with van der Waals surface area (Å²) in [5.41, 5.74) is 0. The van der Waals surface area contributed by atoms with Crippen molar-refractivity contribution >= 4 is 5.78 Å². The molecular formula is C15H30O. The molecule has 1 heteroatoms. The van der Waals surface area contributed by atoms with Gasteiger partial charge in [-0.2, -0.15) is 0 Å². The average Bonchev–Trinajstić information content (AvgIpc) is 2.29. The van der Waals surface area contributed by atoms with E-state index in [4.69, 9.17) is 0 Å². The first kappa shape index (κ1) is 15.7. The molecule has 0 heterocycles. The molecule has 1 fully saturated rings. The SMILES string of the molecule is CC.CC(=O)CCC1CCC(C(C)C)CC1. The number of carbonyl (C=O) groups excluding carboxylic acids is 1. The van der Waals surface area contributed by atoms with E-state index in [1.807, 2.05) is 13.8 Å². The number of rotatable bonds is 4. The predicted octanol–water partition coefficient (Wildman–Crippen LogP) is 4.84. The van der Waals surface area contributed by atoms with Crippen molar-refractivity contribution in [3.8, 4) is 0 Å². The maximum atomic E-state index is 10.9. The van der Waals surface area contributed by atoms with Gasteiger partial charge >= 0.3 is 0 Å². The van der Waals surface area contributed by atoms with Crippen molar-refractivity contribution in [1.82, 2.24) is 0 Å². The number of carbonyl (C=O) groups is 1. The molecule has 0 aromatic rings. The molecule has 1 aliphatic rings. The molecule has 1 saturated carbocycles. The zero-order valence-electron chi connectivity index (χ0n) is 11.9. The van der Waals surface area contributed by atoms with E-state index >= 15 is 0 Å². The fourth-order valence-electron chi connectivity index (χ4n) is 2.55. The second kappa shape index (κ2) is 8.78. The number of Topliss-reactive ketones (excluding diaryl/α,β-unsaturated/α-hetero) is 1. The molecular weight excluding hydrogens is 196 g/mol. The summed E-state index contributed by atoms with van der Waals surface area (Å²) in [6.07, 6.45) is 7.43. The monoisotopic (exact) mass is 226 g/mol. The van der Waals surface area contributed by atoms with E-state index in [-0.39, 0.29) is 0 Å². The van der Waals surface area contributed by atoms with Gasteiger partial charge in [-0.15, -0.1) is 0 Å². The van der Waals surface area contributed by atoms with Crippen LogP contribution in [0.25, 0.3) is 0 Å². The summed E-state index contributed by atoms with van der Waals surface area (Å²) in [6.45, 7) is 10.4. The van der Waals surface area contributed by atoms with Crippen LogP contribution >= 0.6 is 0 Å². The lowest BCUT2D eigenvalue weighted by Crippen LogP contribution is -2.18. The Labute approximate surface area is 102 Å². The average molecular weight is 226 g/mol. The Morgan fingerprint density at radius 1 is 1.12 bits per heavy atom. The summed E-state index contributed by atoms with van der Waals surface area (Å²) in [5.74, 6) is 3.00. The van der Waals surface area contributed by atoms with Crippen LogP contribution in [0.4, 0.5) is 0 Å². The molecule has 1 aliphatic carbocycles. The molecule has 0 bridgehead atoms. The number of hydrogen-bond acceptors (Lipinski definition) is 1. The fraction of sp³-hybridized carbons (Fsp3) is 0.933. The van der Waals surface area contributed by atoms with Gasteiger partial charge in [0.05, 0.1) is 0 Å². The molecule has 96 valence electrons. The summed E-state index contributed by atoms with van der Waals surface area (Å²) in [5, 5.41) is 0. The summed E-state index contributed by atoms with van der Waals surface area (Å²) in [7, 11) is 0. The summed E-state index contributed by atoms with van der Waals surface area (Å²) in [6, 6.07) is 0. The lowest BCUT2D eigenvalue weighted by molar-refractivity contribution is -0.117. The first-order valence-corrected chi connectivity index (χ1v) is 7.09. The molecule has 1 rings (SSSR count). The third kappa shape index (κ3) is 6.30. The maximum Gasteiger partial charge on any atom is 0.129 e. The van der Waals surface area contributed by atoms with Crippen LogP contribution in [0.15, 0.2) is 0 Å². The van der Waals surface area contributed by atoms with E-state index in [9.17, 15) is 4.79 Å². The molecule has 0 atom stereocenters. The van der Waals surface area contributed by atoms with Crippen LogP contribution in [0.5, 0.6) is 0 Å². The van der Waals surface area contributed by atoms with Crippen LogP contribution in [0.1, 0.15) is 73.1 Å². The van der Waals surface area contributed by atoms with E-state index < -0.39 is 0 Å². The van der Waals surface area contributed by atoms with Crippen LogP contribution in [0, 0.1) is 17.8 Å². The number of hydrogen-bond donors (Lipinski definition) is 0. The Balaban J connectivity index is 0.00000106. The maximum absolute atomic E-state index is 10.9. The fourth-order valence-corrected chi connectivity index (χ4v) is 2.55. The smallest absolute Gasteiger partial charge is 0.129 e. The molecule has 0 aromatic heterocycles. The Bertz CT molecular complexity index is 176. The Morgan fingerprint density at radius 3 is 2.00 bits per heavy atom.